The molecule has 3 N–H and O–H groups in total. The standard InChI is InChI=1S/C18H18N4O4/c19-14-9-8-12(11-16(14)22(25)26)18(24)21-10-4-7-15(21)17(23)20-13-5-2-1-3-6-13/h1-3,5-6,8-9,11,15H,4,7,10,19H2,(H,20,23)/t15-/m1/s1. The van der Waals surface area contributed by atoms with E-state index in [2.05, 4.69) is 5.32 Å². The molecule has 134 valence electrons. The van der Waals surface area contributed by atoms with Gasteiger partial charge in [0.1, 0.15) is 11.7 Å². The molecule has 2 aromatic rings. The number of likely N-dealkylation sites (tertiary alicyclic amines) is 1. The molecule has 2 aromatic carbocycles. The Morgan fingerprint density at radius 3 is 2.62 bits per heavy atom. The number of nitro benzene ring substituents is 1. The van der Waals surface area contributed by atoms with E-state index in [0.717, 1.165) is 6.07 Å². The van der Waals surface area contributed by atoms with E-state index in [9.17, 15) is 19.7 Å². The molecule has 1 saturated heterocycles. The fourth-order valence-corrected chi connectivity index (χ4v) is 3.03. The lowest BCUT2D eigenvalue weighted by atomic mass is 10.1. The Kier molecular flexibility index (Phi) is 4.83. The Bertz CT molecular complexity index is 854. The van der Waals surface area contributed by atoms with Crippen LogP contribution in [0.2, 0.25) is 0 Å². The third-order valence-corrected chi connectivity index (χ3v) is 4.33. The van der Waals surface area contributed by atoms with Crippen LogP contribution in [0.1, 0.15) is 23.2 Å². The Hall–Kier alpha value is -3.42. The number of carbonyl (C=O) groups excluding carboxylic acids is 2. The highest BCUT2D eigenvalue weighted by Crippen LogP contribution is 2.26. The monoisotopic (exact) mass is 354 g/mol. The number of benzene rings is 2. The third-order valence-electron chi connectivity index (χ3n) is 4.33. The SMILES string of the molecule is Nc1ccc(C(=O)N2CCC[C@@H]2C(=O)Nc2ccccc2)cc1[N+](=O)[O-]. The van der Waals surface area contributed by atoms with Crippen LogP contribution in [-0.4, -0.2) is 34.2 Å². The van der Waals surface area contributed by atoms with Gasteiger partial charge in [-0.15, -0.1) is 0 Å². The summed E-state index contributed by atoms with van der Waals surface area (Å²) in [7, 11) is 0. The Labute approximate surface area is 149 Å². The van der Waals surface area contributed by atoms with Crippen molar-refractivity contribution in [3.05, 3.63) is 64.2 Å². The number of nitrogens with one attached hydrogen (secondary N) is 1. The second-order valence-electron chi connectivity index (χ2n) is 6.04. The van der Waals surface area contributed by atoms with Gasteiger partial charge in [-0.2, -0.15) is 0 Å². The van der Waals surface area contributed by atoms with Gasteiger partial charge in [0.25, 0.3) is 11.6 Å². The molecule has 0 aromatic heterocycles. The molecule has 1 aliphatic rings. The van der Waals surface area contributed by atoms with Crippen molar-refractivity contribution in [1.82, 2.24) is 4.90 Å². The molecule has 3 rings (SSSR count). The summed E-state index contributed by atoms with van der Waals surface area (Å²) >= 11 is 0. The number of anilines is 2. The number of nitrogen functional groups attached to an aromatic ring is 1. The van der Waals surface area contributed by atoms with Gasteiger partial charge in [0.05, 0.1) is 4.92 Å². The molecule has 8 heteroatoms. The van der Waals surface area contributed by atoms with Gasteiger partial charge in [-0.05, 0) is 37.1 Å². The highest BCUT2D eigenvalue weighted by atomic mass is 16.6. The highest BCUT2D eigenvalue weighted by Gasteiger charge is 2.35. The highest BCUT2D eigenvalue weighted by molar-refractivity contribution is 6.02. The predicted molar refractivity (Wildman–Crippen MR) is 96.6 cm³/mol. The zero-order valence-corrected chi connectivity index (χ0v) is 13.9. The zero-order chi connectivity index (χ0) is 18.7. The van der Waals surface area contributed by atoms with Crippen LogP contribution in [0.4, 0.5) is 17.1 Å². The van der Waals surface area contributed by atoms with Crippen LogP contribution in [0.5, 0.6) is 0 Å². The van der Waals surface area contributed by atoms with Gasteiger partial charge in [0, 0.05) is 23.9 Å². The lowest BCUT2D eigenvalue weighted by molar-refractivity contribution is -0.383. The number of nitrogens with two attached hydrogens (primary N) is 1. The second-order valence-corrected chi connectivity index (χ2v) is 6.04. The maximum absolute atomic E-state index is 12.8. The van der Waals surface area contributed by atoms with E-state index in [1.165, 1.54) is 17.0 Å². The van der Waals surface area contributed by atoms with Crippen LogP contribution in [0.25, 0.3) is 0 Å². The first-order valence-electron chi connectivity index (χ1n) is 8.18. The molecule has 1 fully saturated rings. The lowest BCUT2D eigenvalue weighted by Crippen LogP contribution is -2.43. The van der Waals surface area contributed by atoms with Crippen LogP contribution >= 0.6 is 0 Å². The summed E-state index contributed by atoms with van der Waals surface area (Å²) in [6.07, 6.45) is 1.23. The van der Waals surface area contributed by atoms with E-state index in [0.29, 0.717) is 25.1 Å². The summed E-state index contributed by atoms with van der Waals surface area (Å²) in [5, 5.41) is 13.8. The summed E-state index contributed by atoms with van der Waals surface area (Å²) in [6.45, 7) is 0.421. The van der Waals surface area contributed by atoms with Crippen molar-refractivity contribution >= 4 is 28.9 Å². The Morgan fingerprint density at radius 2 is 1.92 bits per heavy atom. The van der Waals surface area contributed by atoms with Gasteiger partial charge < -0.3 is 16.0 Å². The summed E-state index contributed by atoms with van der Waals surface area (Å²) in [5.74, 6) is -0.689. The average Bonchev–Trinajstić information content (AvgIpc) is 3.12. The molecule has 0 saturated carbocycles. The minimum Gasteiger partial charge on any atom is -0.393 e. The minimum atomic E-state index is -0.629. The molecule has 0 bridgehead atoms. The van der Waals surface area contributed by atoms with Crippen LogP contribution in [0.3, 0.4) is 0 Å². The Morgan fingerprint density at radius 1 is 1.19 bits per heavy atom. The molecule has 1 aliphatic heterocycles. The van der Waals surface area contributed by atoms with Crippen LogP contribution < -0.4 is 11.1 Å². The molecular formula is C18H18N4O4. The maximum atomic E-state index is 12.8. The first-order chi connectivity index (χ1) is 12.5. The largest absolute Gasteiger partial charge is 0.393 e. The lowest BCUT2D eigenvalue weighted by Gasteiger charge is -2.24. The van der Waals surface area contributed by atoms with Gasteiger partial charge >= 0.3 is 0 Å². The van der Waals surface area contributed by atoms with Crippen LogP contribution in [0, 0.1) is 10.1 Å². The van der Waals surface area contributed by atoms with Crippen molar-refractivity contribution in [1.29, 1.82) is 0 Å². The molecule has 0 radical (unpaired) electrons. The number of nitro groups is 1. The zero-order valence-electron chi connectivity index (χ0n) is 13.9. The van der Waals surface area contributed by atoms with Crippen molar-refractivity contribution in [2.24, 2.45) is 0 Å². The number of rotatable bonds is 4. The fraction of sp³-hybridized carbons (Fsp3) is 0.222. The number of hydrogen-bond donors (Lipinski definition) is 2. The van der Waals surface area contributed by atoms with Crippen molar-refractivity contribution in [3.8, 4) is 0 Å². The molecule has 1 atom stereocenters. The van der Waals surface area contributed by atoms with Gasteiger partial charge in [0.2, 0.25) is 5.91 Å². The topological polar surface area (TPSA) is 119 Å². The van der Waals surface area contributed by atoms with Gasteiger partial charge in [-0.3, -0.25) is 19.7 Å². The van der Waals surface area contributed by atoms with Crippen LogP contribution in [-0.2, 0) is 4.79 Å². The molecule has 0 unspecified atom stereocenters. The van der Waals surface area contributed by atoms with E-state index in [4.69, 9.17) is 5.73 Å². The van der Waals surface area contributed by atoms with E-state index in [1.54, 1.807) is 24.3 Å². The van der Waals surface area contributed by atoms with Crippen molar-refractivity contribution < 1.29 is 14.5 Å². The first kappa shape index (κ1) is 17.4. The fourth-order valence-electron chi connectivity index (χ4n) is 3.03. The molecule has 1 heterocycles. The third kappa shape index (κ3) is 3.49. The van der Waals surface area contributed by atoms with Gasteiger partial charge in [-0.1, -0.05) is 18.2 Å². The average molecular weight is 354 g/mol. The van der Waals surface area contributed by atoms with Crippen molar-refractivity contribution in [2.45, 2.75) is 18.9 Å². The molecule has 2 amide bonds. The number of amides is 2. The molecule has 0 aliphatic carbocycles. The smallest absolute Gasteiger partial charge is 0.292 e. The van der Waals surface area contributed by atoms with Gasteiger partial charge in [-0.25, -0.2) is 0 Å². The summed E-state index contributed by atoms with van der Waals surface area (Å²) < 4.78 is 0. The van der Waals surface area contributed by atoms with Crippen LogP contribution in [0.15, 0.2) is 48.5 Å². The molecule has 8 nitrogen and oxygen atoms in total. The molecule has 0 spiro atoms. The Balaban J connectivity index is 1.79. The number of hydrogen-bond acceptors (Lipinski definition) is 5. The van der Waals surface area contributed by atoms with Gasteiger partial charge in [0.15, 0.2) is 0 Å². The molecular weight excluding hydrogens is 336 g/mol. The maximum Gasteiger partial charge on any atom is 0.292 e. The number of nitrogens with zero attached hydrogens (tertiary/aromatic N) is 2. The number of carbonyl (C=O) groups is 2. The van der Waals surface area contributed by atoms with E-state index >= 15 is 0 Å². The summed E-state index contributed by atoms with van der Waals surface area (Å²) in [4.78, 5) is 37.2. The normalized spacial score (nSPS) is 16.3. The minimum absolute atomic E-state index is 0.00802. The van der Waals surface area contributed by atoms with E-state index in [1.807, 2.05) is 6.07 Å². The summed E-state index contributed by atoms with van der Waals surface area (Å²) in [5.41, 5.74) is 6.04. The predicted octanol–water partition coefficient (Wildman–Crippen LogP) is 2.42. The summed E-state index contributed by atoms with van der Waals surface area (Å²) in [6, 6.07) is 12.3. The first-order valence-corrected chi connectivity index (χ1v) is 8.18. The molecule has 26 heavy (non-hydrogen) atoms. The second kappa shape index (κ2) is 7.22. The van der Waals surface area contributed by atoms with Crippen molar-refractivity contribution in [2.75, 3.05) is 17.6 Å². The van der Waals surface area contributed by atoms with Crippen molar-refractivity contribution in [3.63, 3.8) is 0 Å². The van der Waals surface area contributed by atoms with E-state index < -0.39 is 16.9 Å². The number of para-hydroxylation sites is 1. The quantitative estimate of drug-likeness (QED) is 0.496. The van der Waals surface area contributed by atoms with E-state index in [-0.39, 0.29) is 22.8 Å².